The SMILES string of the molecule is CC(CC(=O)Nc1ccc2c(c1)ncn2C)C(=O)O. The molecule has 6 nitrogen and oxygen atoms in total. The topological polar surface area (TPSA) is 84.2 Å². The van der Waals surface area contributed by atoms with E-state index in [0.29, 0.717) is 5.69 Å². The molecule has 1 heterocycles. The Morgan fingerprint density at radius 1 is 1.47 bits per heavy atom. The Kier molecular flexibility index (Phi) is 3.50. The minimum absolute atomic E-state index is 0.0460. The third-order valence-corrected chi connectivity index (χ3v) is 2.92. The van der Waals surface area contributed by atoms with E-state index in [4.69, 9.17) is 5.11 Å². The van der Waals surface area contributed by atoms with Gasteiger partial charge in [-0.2, -0.15) is 0 Å². The molecule has 0 aliphatic carbocycles. The summed E-state index contributed by atoms with van der Waals surface area (Å²) in [5.41, 5.74) is 2.37. The number of aliphatic carboxylic acids is 1. The molecule has 0 fully saturated rings. The number of carboxylic acids is 1. The predicted octanol–water partition coefficient (Wildman–Crippen LogP) is 1.62. The van der Waals surface area contributed by atoms with Gasteiger partial charge >= 0.3 is 5.97 Å². The number of hydrogen-bond donors (Lipinski definition) is 2. The molecule has 0 saturated heterocycles. The van der Waals surface area contributed by atoms with Crippen molar-refractivity contribution in [3.63, 3.8) is 0 Å². The van der Waals surface area contributed by atoms with E-state index in [2.05, 4.69) is 10.3 Å². The average molecular weight is 261 g/mol. The van der Waals surface area contributed by atoms with Crippen LogP contribution in [0, 0.1) is 5.92 Å². The summed E-state index contributed by atoms with van der Waals surface area (Å²) >= 11 is 0. The molecule has 0 spiro atoms. The highest BCUT2D eigenvalue weighted by Gasteiger charge is 2.15. The number of carbonyl (C=O) groups is 2. The maximum atomic E-state index is 11.7. The Hall–Kier alpha value is -2.37. The monoisotopic (exact) mass is 261 g/mol. The van der Waals surface area contributed by atoms with Crippen LogP contribution in [-0.4, -0.2) is 26.5 Å². The molecule has 2 N–H and O–H groups in total. The molecule has 1 aromatic carbocycles. The summed E-state index contributed by atoms with van der Waals surface area (Å²) in [6, 6.07) is 5.39. The van der Waals surface area contributed by atoms with E-state index in [-0.39, 0.29) is 12.3 Å². The fourth-order valence-corrected chi connectivity index (χ4v) is 1.79. The largest absolute Gasteiger partial charge is 0.481 e. The fraction of sp³-hybridized carbons (Fsp3) is 0.308. The van der Waals surface area contributed by atoms with Crippen LogP contribution in [0.3, 0.4) is 0 Å². The second-order valence-corrected chi connectivity index (χ2v) is 4.55. The molecule has 1 aromatic heterocycles. The molecule has 0 aliphatic heterocycles. The lowest BCUT2D eigenvalue weighted by Gasteiger charge is -2.07. The Balaban J connectivity index is 2.08. The minimum atomic E-state index is -0.977. The number of imidazole rings is 1. The van der Waals surface area contributed by atoms with Crippen LogP contribution >= 0.6 is 0 Å². The summed E-state index contributed by atoms with van der Waals surface area (Å²) in [5.74, 6) is -1.99. The molecular formula is C13H15N3O3. The van der Waals surface area contributed by atoms with Gasteiger partial charge < -0.3 is 15.0 Å². The predicted molar refractivity (Wildman–Crippen MR) is 70.8 cm³/mol. The van der Waals surface area contributed by atoms with Gasteiger partial charge in [-0.05, 0) is 18.2 Å². The standard InChI is InChI=1S/C13H15N3O3/c1-8(13(18)19)5-12(17)15-9-3-4-11-10(6-9)14-7-16(11)2/h3-4,6-8H,5H2,1-2H3,(H,15,17)(H,18,19). The van der Waals surface area contributed by atoms with Crippen LogP contribution < -0.4 is 5.32 Å². The molecule has 2 aromatic rings. The molecule has 100 valence electrons. The fourth-order valence-electron chi connectivity index (χ4n) is 1.79. The molecule has 19 heavy (non-hydrogen) atoms. The van der Waals surface area contributed by atoms with E-state index in [1.54, 1.807) is 18.5 Å². The van der Waals surface area contributed by atoms with E-state index in [0.717, 1.165) is 11.0 Å². The van der Waals surface area contributed by atoms with Gasteiger partial charge in [0.05, 0.1) is 23.3 Å². The smallest absolute Gasteiger partial charge is 0.306 e. The lowest BCUT2D eigenvalue weighted by Crippen LogP contribution is -2.19. The van der Waals surface area contributed by atoms with Crippen molar-refractivity contribution in [3.05, 3.63) is 24.5 Å². The lowest BCUT2D eigenvalue weighted by atomic mass is 10.1. The number of aryl methyl sites for hydroxylation is 1. The number of fused-ring (bicyclic) bond motifs is 1. The first-order valence-corrected chi connectivity index (χ1v) is 5.91. The summed E-state index contributed by atoms with van der Waals surface area (Å²) in [7, 11) is 1.89. The molecular weight excluding hydrogens is 246 g/mol. The van der Waals surface area contributed by atoms with Crippen molar-refractivity contribution >= 4 is 28.6 Å². The third kappa shape index (κ3) is 2.90. The number of carbonyl (C=O) groups excluding carboxylic acids is 1. The van der Waals surface area contributed by atoms with Crippen LogP contribution in [0.4, 0.5) is 5.69 Å². The van der Waals surface area contributed by atoms with Gasteiger partial charge in [-0.3, -0.25) is 9.59 Å². The Morgan fingerprint density at radius 3 is 2.89 bits per heavy atom. The van der Waals surface area contributed by atoms with E-state index < -0.39 is 11.9 Å². The summed E-state index contributed by atoms with van der Waals surface area (Å²) in [4.78, 5) is 26.5. The van der Waals surface area contributed by atoms with Gasteiger partial charge in [-0.1, -0.05) is 6.92 Å². The number of anilines is 1. The molecule has 2 rings (SSSR count). The zero-order chi connectivity index (χ0) is 14.0. The van der Waals surface area contributed by atoms with Crippen molar-refractivity contribution in [1.29, 1.82) is 0 Å². The van der Waals surface area contributed by atoms with Gasteiger partial charge in [-0.15, -0.1) is 0 Å². The summed E-state index contributed by atoms with van der Waals surface area (Å²) in [5, 5.41) is 11.4. The van der Waals surface area contributed by atoms with Crippen molar-refractivity contribution < 1.29 is 14.7 Å². The van der Waals surface area contributed by atoms with Crippen LogP contribution in [0.5, 0.6) is 0 Å². The zero-order valence-electron chi connectivity index (χ0n) is 10.8. The molecule has 0 radical (unpaired) electrons. The number of carboxylic acid groups (broad SMARTS) is 1. The Morgan fingerprint density at radius 2 is 2.21 bits per heavy atom. The maximum Gasteiger partial charge on any atom is 0.306 e. The molecule has 6 heteroatoms. The van der Waals surface area contributed by atoms with E-state index in [1.165, 1.54) is 6.92 Å². The number of nitrogens with one attached hydrogen (secondary N) is 1. The quantitative estimate of drug-likeness (QED) is 0.876. The number of hydrogen-bond acceptors (Lipinski definition) is 3. The van der Waals surface area contributed by atoms with Gasteiger partial charge in [0.1, 0.15) is 0 Å². The summed E-state index contributed by atoms with van der Waals surface area (Å²) in [6.45, 7) is 1.50. The zero-order valence-corrected chi connectivity index (χ0v) is 10.8. The third-order valence-electron chi connectivity index (χ3n) is 2.92. The molecule has 0 aliphatic rings. The minimum Gasteiger partial charge on any atom is -0.481 e. The molecule has 1 atom stereocenters. The van der Waals surface area contributed by atoms with Crippen LogP contribution in [0.15, 0.2) is 24.5 Å². The summed E-state index contributed by atoms with van der Waals surface area (Å²) < 4.78 is 1.88. The maximum absolute atomic E-state index is 11.7. The highest BCUT2D eigenvalue weighted by atomic mass is 16.4. The molecule has 1 amide bonds. The first kappa shape index (κ1) is 13.1. The number of nitrogens with zero attached hydrogens (tertiary/aromatic N) is 2. The van der Waals surface area contributed by atoms with E-state index in [9.17, 15) is 9.59 Å². The van der Waals surface area contributed by atoms with Crippen molar-refractivity contribution in [1.82, 2.24) is 9.55 Å². The highest BCUT2D eigenvalue weighted by molar-refractivity contribution is 5.94. The second-order valence-electron chi connectivity index (χ2n) is 4.55. The lowest BCUT2D eigenvalue weighted by molar-refractivity contribution is -0.142. The van der Waals surface area contributed by atoms with Crippen molar-refractivity contribution in [2.75, 3.05) is 5.32 Å². The van der Waals surface area contributed by atoms with Gasteiger partial charge in [-0.25, -0.2) is 4.98 Å². The summed E-state index contributed by atoms with van der Waals surface area (Å²) in [6.07, 6.45) is 1.65. The van der Waals surface area contributed by atoms with Crippen molar-refractivity contribution in [2.45, 2.75) is 13.3 Å². The van der Waals surface area contributed by atoms with E-state index >= 15 is 0 Å². The number of amides is 1. The van der Waals surface area contributed by atoms with Crippen LogP contribution in [0.25, 0.3) is 11.0 Å². The second kappa shape index (κ2) is 5.09. The number of rotatable bonds is 4. The first-order chi connectivity index (χ1) is 8.97. The molecule has 0 bridgehead atoms. The van der Waals surface area contributed by atoms with Crippen LogP contribution in [-0.2, 0) is 16.6 Å². The van der Waals surface area contributed by atoms with Crippen LogP contribution in [0.2, 0.25) is 0 Å². The van der Waals surface area contributed by atoms with E-state index in [1.807, 2.05) is 17.7 Å². The van der Waals surface area contributed by atoms with Gasteiger partial charge in [0, 0.05) is 19.2 Å². The highest BCUT2D eigenvalue weighted by Crippen LogP contribution is 2.18. The molecule has 1 unspecified atom stereocenters. The average Bonchev–Trinajstić information content (AvgIpc) is 2.70. The number of benzene rings is 1. The van der Waals surface area contributed by atoms with Crippen LogP contribution in [0.1, 0.15) is 13.3 Å². The Labute approximate surface area is 110 Å². The van der Waals surface area contributed by atoms with Gasteiger partial charge in [0.25, 0.3) is 0 Å². The van der Waals surface area contributed by atoms with Crippen molar-refractivity contribution in [2.24, 2.45) is 13.0 Å². The van der Waals surface area contributed by atoms with Crippen molar-refractivity contribution in [3.8, 4) is 0 Å². The number of aromatic nitrogens is 2. The van der Waals surface area contributed by atoms with Gasteiger partial charge in [0.15, 0.2) is 0 Å². The molecule has 0 saturated carbocycles. The normalized spacial score (nSPS) is 12.3. The Bertz CT molecular complexity index is 633. The first-order valence-electron chi connectivity index (χ1n) is 5.91. The van der Waals surface area contributed by atoms with Gasteiger partial charge in [0.2, 0.25) is 5.91 Å².